The molecule has 0 aliphatic rings. The summed E-state index contributed by atoms with van der Waals surface area (Å²) >= 11 is 0. The molecule has 0 spiro atoms. The number of nitrogens with zero attached hydrogens (tertiary/aromatic N) is 2. The van der Waals surface area contributed by atoms with E-state index in [1.807, 2.05) is 0 Å². The van der Waals surface area contributed by atoms with Gasteiger partial charge in [-0.2, -0.15) is 0 Å². The Morgan fingerprint density at radius 3 is 2.61 bits per heavy atom. The molecule has 0 fully saturated rings. The normalized spacial score (nSPS) is 10.4. The third kappa shape index (κ3) is 4.35. The first-order chi connectivity index (χ1) is 10.9. The van der Waals surface area contributed by atoms with Gasteiger partial charge in [-0.1, -0.05) is 0 Å². The van der Waals surface area contributed by atoms with Crippen LogP contribution in [0.5, 0.6) is 5.88 Å². The van der Waals surface area contributed by atoms with E-state index in [4.69, 9.17) is 4.74 Å². The lowest BCUT2D eigenvalue weighted by molar-refractivity contribution is -0.149. The molecule has 0 bridgehead atoms. The minimum absolute atomic E-state index is 0.0750. The lowest BCUT2D eigenvalue weighted by Gasteiger charge is -2.02. The molecule has 0 amide bonds. The molecule has 1 aromatic carbocycles. The van der Waals surface area contributed by atoms with Crippen LogP contribution in [0.3, 0.4) is 0 Å². The molecular weight excluding hydrogens is 310 g/mol. The molecule has 2 rings (SSSR count). The highest BCUT2D eigenvalue weighted by Gasteiger charge is 2.14. The Kier molecular flexibility index (Phi) is 5.05. The van der Waals surface area contributed by atoms with Gasteiger partial charge in [0.15, 0.2) is 12.4 Å². The van der Waals surface area contributed by atoms with Crippen LogP contribution in [-0.2, 0) is 21.4 Å². The van der Waals surface area contributed by atoms with Crippen molar-refractivity contribution in [3.63, 3.8) is 0 Å². The molecule has 0 N–H and O–H groups in total. The molecule has 1 heterocycles. The largest absolute Gasteiger partial charge is 0.465 e. The van der Waals surface area contributed by atoms with Gasteiger partial charge in [-0.3, -0.25) is 9.48 Å². The fourth-order valence-electron chi connectivity index (χ4n) is 1.82. The lowest BCUT2D eigenvalue weighted by atomic mass is 10.1. The van der Waals surface area contributed by atoms with Gasteiger partial charge >= 0.3 is 5.97 Å². The van der Waals surface area contributed by atoms with Crippen molar-refractivity contribution in [1.29, 1.82) is 0 Å². The predicted molar refractivity (Wildman–Crippen MR) is 75.7 cm³/mol. The summed E-state index contributed by atoms with van der Waals surface area (Å²) in [5.74, 6) is -2.35. The molecule has 0 saturated heterocycles. The van der Waals surface area contributed by atoms with Gasteiger partial charge < -0.3 is 9.47 Å². The fourth-order valence-corrected chi connectivity index (χ4v) is 1.82. The predicted octanol–water partition coefficient (Wildman–Crippen LogP) is 1.88. The molecule has 0 saturated carbocycles. The summed E-state index contributed by atoms with van der Waals surface area (Å²) in [5.41, 5.74) is 0.505. The van der Waals surface area contributed by atoms with Crippen LogP contribution in [0.4, 0.5) is 8.78 Å². The minimum Gasteiger partial charge on any atom is -0.465 e. The van der Waals surface area contributed by atoms with Gasteiger partial charge in [-0.25, -0.2) is 13.6 Å². The number of ketones is 1. The highest BCUT2D eigenvalue weighted by Crippen LogP contribution is 2.26. The second-order valence-corrected chi connectivity index (χ2v) is 4.77. The van der Waals surface area contributed by atoms with Crippen molar-refractivity contribution >= 4 is 11.8 Å². The van der Waals surface area contributed by atoms with E-state index in [1.165, 1.54) is 23.7 Å². The summed E-state index contributed by atoms with van der Waals surface area (Å²) in [4.78, 5) is 22.0. The number of carbonyl (C=O) groups excluding carboxylic acids is 2. The maximum Gasteiger partial charge on any atom is 0.344 e. The minimum atomic E-state index is -0.736. The summed E-state index contributed by atoms with van der Waals surface area (Å²) < 4.78 is 37.8. The number of hydrogen-bond donors (Lipinski definition) is 0. The third-order valence-corrected chi connectivity index (χ3v) is 2.84. The first-order valence-corrected chi connectivity index (χ1v) is 6.64. The second kappa shape index (κ2) is 6.99. The average Bonchev–Trinajstić information content (AvgIpc) is 2.84. The molecule has 0 aliphatic heterocycles. The van der Waals surface area contributed by atoms with Crippen molar-refractivity contribution in [2.75, 3.05) is 13.2 Å². The van der Waals surface area contributed by atoms with Crippen LogP contribution in [0, 0.1) is 11.6 Å². The van der Waals surface area contributed by atoms with Gasteiger partial charge in [-0.15, -0.1) is 5.10 Å². The van der Waals surface area contributed by atoms with Gasteiger partial charge in [0, 0.05) is 24.7 Å². The molecule has 0 atom stereocenters. The first-order valence-electron chi connectivity index (χ1n) is 6.64. The van der Waals surface area contributed by atoms with Crippen molar-refractivity contribution in [1.82, 2.24) is 9.78 Å². The quantitative estimate of drug-likeness (QED) is 0.759. The van der Waals surface area contributed by atoms with Crippen LogP contribution in [-0.4, -0.2) is 34.7 Å². The summed E-state index contributed by atoms with van der Waals surface area (Å²) in [6.07, 6.45) is 0. The zero-order chi connectivity index (χ0) is 17.0. The van der Waals surface area contributed by atoms with Gasteiger partial charge in [-0.05, 0) is 19.1 Å². The summed E-state index contributed by atoms with van der Waals surface area (Å²) in [6.45, 7) is 0.530. The molecule has 0 aliphatic carbocycles. The van der Waals surface area contributed by atoms with Crippen molar-refractivity contribution < 1.29 is 27.8 Å². The highest BCUT2D eigenvalue weighted by atomic mass is 19.1. The Balaban J connectivity index is 2.06. The molecule has 122 valence electrons. The third-order valence-electron chi connectivity index (χ3n) is 2.84. The van der Waals surface area contributed by atoms with E-state index in [0.29, 0.717) is 5.69 Å². The Labute approximate surface area is 130 Å². The van der Waals surface area contributed by atoms with Crippen LogP contribution < -0.4 is 4.74 Å². The highest BCUT2D eigenvalue weighted by molar-refractivity contribution is 5.80. The molecule has 6 nitrogen and oxygen atoms in total. The van der Waals surface area contributed by atoms with Crippen LogP contribution in [0.1, 0.15) is 6.92 Å². The number of benzene rings is 1. The van der Waals surface area contributed by atoms with E-state index in [-0.39, 0.29) is 23.8 Å². The van der Waals surface area contributed by atoms with Gasteiger partial charge in [0.25, 0.3) is 0 Å². The number of halogens is 2. The summed E-state index contributed by atoms with van der Waals surface area (Å²) in [5, 5.41) is 3.98. The maximum absolute atomic E-state index is 13.8. The Morgan fingerprint density at radius 2 is 1.96 bits per heavy atom. The first kappa shape index (κ1) is 16.6. The van der Waals surface area contributed by atoms with Gasteiger partial charge in [0.2, 0.25) is 5.88 Å². The number of hydrogen-bond acceptors (Lipinski definition) is 5. The Morgan fingerprint density at radius 1 is 1.22 bits per heavy atom. The van der Waals surface area contributed by atoms with Gasteiger partial charge in [0.1, 0.15) is 18.2 Å². The molecule has 1 aromatic heterocycles. The van der Waals surface area contributed by atoms with Crippen LogP contribution in [0.25, 0.3) is 11.3 Å². The van der Waals surface area contributed by atoms with Crippen molar-refractivity contribution in [3.8, 4) is 17.1 Å². The van der Waals surface area contributed by atoms with Crippen molar-refractivity contribution in [2.45, 2.75) is 6.92 Å². The van der Waals surface area contributed by atoms with Crippen LogP contribution in [0.2, 0.25) is 0 Å². The standard InChI is InChI=1S/C15H14F2N2O4/c1-9(20)7-23-15(21)8-22-14-6-13(19(2)18-14)11-4-3-10(16)5-12(11)17/h3-6H,7-8H2,1-2H3. The molecule has 0 radical (unpaired) electrons. The Hall–Kier alpha value is -2.77. The zero-order valence-corrected chi connectivity index (χ0v) is 12.5. The number of esters is 1. The number of rotatable bonds is 6. The molecule has 0 unspecified atom stereocenters. The van der Waals surface area contributed by atoms with E-state index in [2.05, 4.69) is 9.84 Å². The number of aromatic nitrogens is 2. The van der Waals surface area contributed by atoms with E-state index < -0.39 is 24.2 Å². The molecule has 8 heteroatoms. The molecular formula is C15H14F2N2O4. The monoisotopic (exact) mass is 324 g/mol. The molecule has 23 heavy (non-hydrogen) atoms. The number of ether oxygens (including phenoxy) is 2. The maximum atomic E-state index is 13.8. The Bertz CT molecular complexity index is 743. The van der Waals surface area contributed by atoms with Crippen LogP contribution in [0.15, 0.2) is 24.3 Å². The summed E-state index contributed by atoms with van der Waals surface area (Å²) in [6, 6.07) is 4.59. The van der Waals surface area contributed by atoms with E-state index in [1.54, 1.807) is 7.05 Å². The lowest BCUT2D eigenvalue weighted by Crippen LogP contribution is -2.18. The second-order valence-electron chi connectivity index (χ2n) is 4.77. The SMILES string of the molecule is CC(=O)COC(=O)COc1cc(-c2ccc(F)cc2F)n(C)n1. The van der Waals surface area contributed by atoms with Crippen LogP contribution >= 0.6 is 0 Å². The van der Waals surface area contributed by atoms with Crippen molar-refractivity contribution in [2.24, 2.45) is 7.05 Å². The number of carbonyl (C=O) groups is 2. The van der Waals surface area contributed by atoms with E-state index in [0.717, 1.165) is 12.1 Å². The average molecular weight is 324 g/mol. The van der Waals surface area contributed by atoms with Gasteiger partial charge in [0.05, 0.1) is 5.69 Å². The number of Topliss-reactive ketones (excluding diaryl/α,β-unsaturated/α-hetero) is 1. The summed E-state index contributed by atoms with van der Waals surface area (Å²) in [7, 11) is 1.55. The fraction of sp³-hybridized carbons (Fsp3) is 0.267. The zero-order valence-electron chi connectivity index (χ0n) is 12.5. The van der Waals surface area contributed by atoms with E-state index >= 15 is 0 Å². The number of aryl methyl sites for hydroxylation is 1. The molecule has 2 aromatic rings. The van der Waals surface area contributed by atoms with Crippen molar-refractivity contribution in [3.05, 3.63) is 35.9 Å². The smallest absolute Gasteiger partial charge is 0.344 e. The topological polar surface area (TPSA) is 70.4 Å². The van der Waals surface area contributed by atoms with E-state index in [9.17, 15) is 18.4 Å².